The number of pyridine rings is 1. The van der Waals surface area contributed by atoms with Crippen LogP contribution in [0.3, 0.4) is 0 Å². The van der Waals surface area contributed by atoms with Gasteiger partial charge in [-0.2, -0.15) is 0 Å². The average molecular weight is 531 g/mol. The van der Waals surface area contributed by atoms with Crippen LogP contribution >= 0.6 is 11.6 Å². The normalized spacial score (nSPS) is 28.5. The third kappa shape index (κ3) is 4.03. The molecule has 0 spiro atoms. The van der Waals surface area contributed by atoms with Crippen LogP contribution in [-0.4, -0.2) is 46.3 Å². The minimum Gasteiger partial charge on any atom is -0.346 e. The van der Waals surface area contributed by atoms with Gasteiger partial charge in [-0.15, -0.1) is 0 Å². The quantitative estimate of drug-likeness (QED) is 0.425. The van der Waals surface area contributed by atoms with Crippen LogP contribution in [0.4, 0.5) is 5.69 Å². The van der Waals surface area contributed by atoms with Gasteiger partial charge in [0.15, 0.2) is 0 Å². The van der Waals surface area contributed by atoms with E-state index < -0.39 is 0 Å². The van der Waals surface area contributed by atoms with Crippen molar-refractivity contribution in [3.05, 3.63) is 47.2 Å². The lowest BCUT2D eigenvalue weighted by molar-refractivity contribution is -0.143. The van der Waals surface area contributed by atoms with Crippen molar-refractivity contribution in [2.24, 2.45) is 23.2 Å². The number of anilines is 1. The number of nitrogens with zero attached hydrogens (tertiary/aromatic N) is 3. The largest absolute Gasteiger partial charge is 0.346 e. The summed E-state index contributed by atoms with van der Waals surface area (Å²) in [7, 11) is 0. The molecular formula is C31H35ClN4O2. The lowest BCUT2D eigenvalue weighted by atomic mass is 9.49. The molecule has 7 heteroatoms. The Kier molecular flexibility index (Phi) is 5.80. The van der Waals surface area contributed by atoms with Crippen molar-refractivity contribution in [3.63, 3.8) is 0 Å². The highest BCUT2D eigenvalue weighted by Crippen LogP contribution is 2.61. The molecule has 198 valence electrons. The Morgan fingerprint density at radius 3 is 2.55 bits per heavy atom. The highest BCUT2D eigenvalue weighted by molar-refractivity contribution is 6.38. The van der Waals surface area contributed by atoms with Gasteiger partial charge in [0.2, 0.25) is 11.8 Å². The van der Waals surface area contributed by atoms with E-state index in [-0.39, 0.29) is 23.8 Å². The SMILES string of the molecule is CCc1c[nH]c2ncc(-c3cccc(N4CCN(C(=O)CC56CC7CC(CC(C7)C5)C6)CC4=O)c3)c(Cl)c12. The van der Waals surface area contributed by atoms with Gasteiger partial charge in [-0.25, -0.2) is 4.98 Å². The zero-order chi connectivity index (χ0) is 26.0. The highest BCUT2D eigenvalue weighted by Gasteiger charge is 2.52. The summed E-state index contributed by atoms with van der Waals surface area (Å²) in [5.41, 5.74) is 4.75. The summed E-state index contributed by atoms with van der Waals surface area (Å²) < 4.78 is 0. The van der Waals surface area contributed by atoms with Crippen LogP contribution < -0.4 is 4.90 Å². The summed E-state index contributed by atoms with van der Waals surface area (Å²) in [6, 6.07) is 7.94. The molecule has 1 aliphatic heterocycles. The standard InChI is InChI=1S/C31H35ClN4O2/c1-2-22-16-33-30-28(22)29(32)25(17-34-30)23-4-3-5-24(11-23)36-7-6-35(18-27(36)38)26(37)15-31-12-19-8-20(13-31)10-21(9-19)14-31/h3-5,11,16-17,19-21H,2,6-10,12-15,18H2,1H3,(H,33,34). The summed E-state index contributed by atoms with van der Waals surface area (Å²) in [5, 5.41) is 1.64. The number of hydrogen-bond acceptors (Lipinski definition) is 3. The van der Waals surface area contributed by atoms with E-state index in [1.54, 1.807) is 6.20 Å². The monoisotopic (exact) mass is 530 g/mol. The number of piperazine rings is 1. The molecule has 5 aliphatic rings. The Bertz CT molecular complexity index is 1390. The molecule has 4 bridgehead atoms. The number of H-pyrrole nitrogens is 1. The first kappa shape index (κ1) is 24.2. The van der Waals surface area contributed by atoms with Crippen LogP contribution in [0.25, 0.3) is 22.2 Å². The van der Waals surface area contributed by atoms with Gasteiger partial charge in [0.1, 0.15) is 12.2 Å². The summed E-state index contributed by atoms with van der Waals surface area (Å²) in [6.07, 6.45) is 13.1. The minimum atomic E-state index is -0.0224. The number of carbonyl (C=O) groups is 2. The number of aromatic nitrogens is 2. The van der Waals surface area contributed by atoms with Gasteiger partial charge in [-0.05, 0) is 91.4 Å². The van der Waals surface area contributed by atoms with Crippen molar-refractivity contribution < 1.29 is 9.59 Å². The fraction of sp³-hybridized carbons (Fsp3) is 0.516. The number of hydrogen-bond donors (Lipinski definition) is 1. The topological polar surface area (TPSA) is 69.3 Å². The maximum atomic E-state index is 13.4. The maximum absolute atomic E-state index is 13.4. The summed E-state index contributed by atoms with van der Waals surface area (Å²) in [4.78, 5) is 38.1. The predicted octanol–water partition coefficient (Wildman–Crippen LogP) is 6.23. The second kappa shape index (κ2) is 9.11. The molecule has 4 saturated carbocycles. The average Bonchev–Trinajstić information content (AvgIpc) is 3.32. The molecule has 1 aromatic carbocycles. The van der Waals surface area contributed by atoms with Gasteiger partial charge < -0.3 is 14.8 Å². The second-order valence-corrected chi connectivity index (χ2v) is 12.8. The zero-order valence-electron chi connectivity index (χ0n) is 22.0. The maximum Gasteiger partial charge on any atom is 0.246 e. The molecular weight excluding hydrogens is 496 g/mol. The lowest BCUT2D eigenvalue weighted by Gasteiger charge is -2.57. The Morgan fingerprint density at radius 1 is 1.13 bits per heavy atom. The number of benzene rings is 1. The van der Waals surface area contributed by atoms with E-state index in [0.29, 0.717) is 24.5 Å². The molecule has 0 unspecified atom stereocenters. The molecule has 5 fully saturated rings. The van der Waals surface area contributed by atoms with E-state index in [9.17, 15) is 9.59 Å². The molecule has 3 heterocycles. The van der Waals surface area contributed by atoms with Gasteiger partial charge in [0.05, 0.1) is 5.02 Å². The Hall–Kier alpha value is -2.86. The first-order valence-electron chi connectivity index (χ1n) is 14.2. The number of halogens is 1. The number of rotatable bonds is 5. The second-order valence-electron chi connectivity index (χ2n) is 12.4. The van der Waals surface area contributed by atoms with E-state index in [0.717, 1.165) is 57.6 Å². The molecule has 1 N–H and O–H groups in total. The molecule has 2 amide bonds. The fourth-order valence-electron chi connectivity index (χ4n) is 8.54. The fourth-order valence-corrected chi connectivity index (χ4v) is 8.91. The molecule has 3 aromatic rings. The molecule has 0 radical (unpaired) electrons. The van der Waals surface area contributed by atoms with Gasteiger partial charge >= 0.3 is 0 Å². The van der Waals surface area contributed by atoms with Crippen molar-refractivity contribution >= 4 is 40.1 Å². The highest BCUT2D eigenvalue weighted by atomic mass is 35.5. The number of carbonyl (C=O) groups excluding carboxylic acids is 2. The third-order valence-electron chi connectivity index (χ3n) is 9.83. The van der Waals surface area contributed by atoms with Crippen LogP contribution in [0.15, 0.2) is 36.7 Å². The van der Waals surface area contributed by atoms with Gasteiger partial charge in [-0.3, -0.25) is 9.59 Å². The summed E-state index contributed by atoms with van der Waals surface area (Å²) in [5.74, 6) is 2.64. The minimum absolute atomic E-state index is 0.0224. The first-order chi connectivity index (χ1) is 18.4. The summed E-state index contributed by atoms with van der Waals surface area (Å²) >= 11 is 6.87. The van der Waals surface area contributed by atoms with Crippen LogP contribution in [-0.2, 0) is 16.0 Å². The molecule has 8 rings (SSSR count). The number of amides is 2. The van der Waals surface area contributed by atoms with Crippen LogP contribution in [0.2, 0.25) is 5.02 Å². The van der Waals surface area contributed by atoms with Crippen LogP contribution in [0.1, 0.15) is 57.4 Å². The van der Waals surface area contributed by atoms with E-state index in [4.69, 9.17) is 11.6 Å². The van der Waals surface area contributed by atoms with Gasteiger partial charge in [0, 0.05) is 48.5 Å². The molecule has 4 aliphatic carbocycles. The van der Waals surface area contributed by atoms with E-state index in [2.05, 4.69) is 16.9 Å². The van der Waals surface area contributed by atoms with Crippen molar-refractivity contribution in [1.29, 1.82) is 0 Å². The number of aryl methyl sites for hydroxylation is 1. The van der Waals surface area contributed by atoms with Crippen molar-refractivity contribution in [1.82, 2.24) is 14.9 Å². The van der Waals surface area contributed by atoms with Crippen LogP contribution in [0, 0.1) is 23.2 Å². The smallest absolute Gasteiger partial charge is 0.246 e. The van der Waals surface area contributed by atoms with E-state index in [1.165, 1.54) is 38.5 Å². The first-order valence-corrected chi connectivity index (χ1v) is 14.6. The lowest BCUT2D eigenvalue weighted by Crippen LogP contribution is -2.54. The predicted molar refractivity (Wildman–Crippen MR) is 150 cm³/mol. The van der Waals surface area contributed by atoms with E-state index in [1.807, 2.05) is 40.3 Å². The number of nitrogens with one attached hydrogen (secondary N) is 1. The molecule has 6 nitrogen and oxygen atoms in total. The van der Waals surface area contributed by atoms with Crippen molar-refractivity contribution in [2.75, 3.05) is 24.5 Å². The van der Waals surface area contributed by atoms with Crippen molar-refractivity contribution in [3.8, 4) is 11.1 Å². The van der Waals surface area contributed by atoms with Gasteiger partial charge in [-0.1, -0.05) is 30.7 Å². The Morgan fingerprint density at radius 2 is 1.87 bits per heavy atom. The van der Waals surface area contributed by atoms with Crippen molar-refractivity contribution in [2.45, 2.75) is 58.3 Å². The Labute approximate surface area is 228 Å². The Balaban J connectivity index is 1.07. The molecule has 2 aromatic heterocycles. The molecule has 1 saturated heterocycles. The molecule has 38 heavy (non-hydrogen) atoms. The van der Waals surface area contributed by atoms with E-state index >= 15 is 0 Å². The molecule has 0 atom stereocenters. The third-order valence-corrected chi connectivity index (χ3v) is 10.2. The van der Waals surface area contributed by atoms with Crippen LogP contribution in [0.5, 0.6) is 0 Å². The van der Waals surface area contributed by atoms with Gasteiger partial charge in [0.25, 0.3) is 0 Å². The summed E-state index contributed by atoms with van der Waals surface area (Å²) in [6.45, 7) is 3.36. The zero-order valence-corrected chi connectivity index (χ0v) is 22.8. The number of fused-ring (bicyclic) bond motifs is 1. The number of aromatic amines is 1.